The highest BCUT2D eigenvalue weighted by Gasteiger charge is 2.44. The second kappa shape index (κ2) is 13.3. The molecule has 0 N–H and O–H groups in total. The summed E-state index contributed by atoms with van der Waals surface area (Å²) in [6.07, 6.45) is 1.14. The summed E-state index contributed by atoms with van der Waals surface area (Å²) in [5, 5.41) is 0. The molecule has 1 aromatic rings. The number of hydrogen-bond donors (Lipinski definition) is 0. The van der Waals surface area contributed by atoms with Crippen molar-refractivity contribution in [2.75, 3.05) is 13.2 Å². The molecule has 2 aliphatic rings. The third-order valence-electron chi connectivity index (χ3n) is 6.66. The highest BCUT2D eigenvalue weighted by atomic mass is 19.1. The summed E-state index contributed by atoms with van der Waals surface area (Å²) in [6, 6.07) is 4.78. The van der Waals surface area contributed by atoms with Gasteiger partial charge in [-0.05, 0) is 85.4 Å². The van der Waals surface area contributed by atoms with E-state index >= 15 is 0 Å². The minimum absolute atomic E-state index is 0.0263. The number of rotatable bonds is 5. The number of nitrogens with zero attached hydrogens (tertiary/aromatic N) is 1. The van der Waals surface area contributed by atoms with Crippen molar-refractivity contribution in [1.82, 2.24) is 4.90 Å². The molecular weight excluding hydrogens is 521 g/mol. The number of benzene rings is 1. The predicted octanol–water partition coefficient (Wildman–Crippen LogP) is 5.81. The maximum absolute atomic E-state index is 13.6. The fourth-order valence-corrected chi connectivity index (χ4v) is 4.90. The predicted molar refractivity (Wildman–Crippen MR) is 145 cm³/mol. The van der Waals surface area contributed by atoms with Gasteiger partial charge in [0.2, 0.25) is 0 Å². The summed E-state index contributed by atoms with van der Waals surface area (Å²) < 4.78 is 42.9. The molecule has 0 spiro atoms. The zero-order valence-electron chi connectivity index (χ0n) is 24.7. The summed E-state index contributed by atoms with van der Waals surface area (Å²) in [6.45, 7) is 11.5. The lowest BCUT2D eigenvalue weighted by molar-refractivity contribution is -0.167. The van der Waals surface area contributed by atoms with E-state index in [-0.39, 0.29) is 31.1 Å². The second-order valence-corrected chi connectivity index (χ2v) is 12.6. The molecule has 1 aliphatic carbocycles. The Morgan fingerprint density at radius 3 is 2.02 bits per heavy atom. The Balaban J connectivity index is 1.91. The molecule has 40 heavy (non-hydrogen) atoms. The molecule has 1 aromatic carbocycles. The van der Waals surface area contributed by atoms with Crippen LogP contribution in [0.2, 0.25) is 0 Å². The fraction of sp³-hybridized carbons (Fsp3) is 0.700. The minimum Gasteiger partial charge on any atom is -0.458 e. The molecule has 2 amide bonds. The standard InChI is InChI=1S/C30H44FNO8/c1-19-25(38-23-10-8-9-11-23)21(16-20-12-14-22(31)15-13-20)17-36-18-24(26(33)37-19)32(27(34)39-29(2,3)4)28(35)40-30(5,6)7/h12-15,19,21,23-25H,8-11,16-18H2,1-7H3. The van der Waals surface area contributed by atoms with Crippen molar-refractivity contribution < 1.29 is 42.5 Å². The van der Waals surface area contributed by atoms with E-state index in [2.05, 4.69) is 0 Å². The minimum atomic E-state index is -1.44. The SMILES string of the molecule is CC1OC(=O)C(N(C(=O)OC(C)(C)C)C(=O)OC(C)(C)C)COCC(Cc2ccc(F)cc2)C1OC1CCCC1. The van der Waals surface area contributed by atoms with Gasteiger partial charge < -0.3 is 23.7 Å². The van der Waals surface area contributed by atoms with Crippen LogP contribution in [0.1, 0.15) is 79.7 Å². The van der Waals surface area contributed by atoms with E-state index in [1.54, 1.807) is 60.6 Å². The van der Waals surface area contributed by atoms with Crippen molar-refractivity contribution in [1.29, 1.82) is 0 Å². The first-order chi connectivity index (χ1) is 18.6. The number of carbonyl (C=O) groups excluding carboxylic acids is 3. The second-order valence-electron chi connectivity index (χ2n) is 12.6. The number of imide groups is 1. The lowest BCUT2D eigenvalue weighted by Gasteiger charge is -2.33. The van der Waals surface area contributed by atoms with Crippen LogP contribution in [0.25, 0.3) is 0 Å². The zero-order chi connectivity index (χ0) is 29.7. The number of ether oxygens (including phenoxy) is 5. The number of amides is 2. The van der Waals surface area contributed by atoms with E-state index in [9.17, 15) is 18.8 Å². The Labute approximate surface area is 236 Å². The Morgan fingerprint density at radius 1 is 0.950 bits per heavy atom. The van der Waals surface area contributed by atoms with Crippen molar-refractivity contribution in [3.63, 3.8) is 0 Å². The monoisotopic (exact) mass is 565 g/mol. The molecule has 0 radical (unpaired) electrons. The van der Waals surface area contributed by atoms with Crippen molar-refractivity contribution >= 4 is 18.2 Å². The van der Waals surface area contributed by atoms with Gasteiger partial charge in [0.1, 0.15) is 23.1 Å². The van der Waals surface area contributed by atoms with Gasteiger partial charge in [0, 0.05) is 5.92 Å². The van der Waals surface area contributed by atoms with Crippen molar-refractivity contribution in [2.24, 2.45) is 5.92 Å². The van der Waals surface area contributed by atoms with Crippen LogP contribution in [-0.4, -0.2) is 71.8 Å². The first-order valence-corrected chi connectivity index (χ1v) is 14.1. The van der Waals surface area contributed by atoms with E-state index in [4.69, 9.17) is 23.7 Å². The van der Waals surface area contributed by atoms with Gasteiger partial charge >= 0.3 is 18.2 Å². The molecular formula is C30H44FNO8. The molecule has 4 atom stereocenters. The van der Waals surface area contributed by atoms with E-state index in [0.717, 1.165) is 31.2 Å². The number of carbonyl (C=O) groups is 3. The van der Waals surface area contributed by atoms with Gasteiger partial charge in [0.15, 0.2) is 6.04 Å². The Hall–Kier alpha value is -2.72. The van der Waals surface area contributed by atoms with E-state index < -0.39 is 47.6 Å². The molecule has 10 heteroatoms. The number of esters is 1. The summed E-state index contributed by atoms with van der Waals surface area (Å²) in [5.41, 5.74) is -0.989. The van der Waals surface area contributed by atoms with E-state index in [0.29, 0.717) is 11.3 Å². The van der Waals surface area contributed by atoms with Crippen molar-refractivity contribution in [3.8, 4) is 0 Å². The summed E-state index contributed by atoms with van der Waals surface area (Å²) >= 11 is 0. The molecule has 9 nitrogen and oxygen atoms in total. The van der Waals surface area contributed by atoms with Gasteiger partial charge in [-0.1, -0.05) is 25.0 Å². The largest absolute Gasteiger partial charge is 0.458 e. The molecule has 224 valence electrons. The Morgan fingerprint density at radius 2 is 1.50 bits per heavy atom. The third kappa shape index (κ3) is 9.44. The zero-order valence-corrected chi connectivity index (χ0v) is 24.7. The molecule has 2 fully saturated rings. The molecule has 0 bridgehead atoms. The summed E-state index contributed by atoms with van der Waals surface area (Å²) in [7, 11) is 0. The topological polar surface area (TPSA) is 101 Å². The molecule has 0 aromatic heterocycles. The van der Waals surface area contributed by atoms with Gasteiger partial charge in [0.05, 0.1) is 25.4 Å². The van der Waals surface area contributed by atoms with Crippen LogP contribution in [-0.2, 0) is 34.9 Å². The van der Waals surface area contributed by atoms with Crippen molar-refractivity contribution in [2.45, 2.75) is 116 Å². The van der Waals surface area contributed by atoms with Gasteiger partial charge in [-0.25, -0.2) is 18.8 Å². The van der Waals surface area contributed by atoms with Crippen LogP contribution in [0.3, 0.4) is 0 Å². The fourth-order valence-electron chi connectivity index (χ4n) is 4.90. The molecule has 1 aliphatic heterocycles. The van der Waals surface area contributed by atoms with Crippen LogP contribution >= 0.6 is 0 Å². The van der Waals surface area contributed by atoms with Crippen molar-refractivity contribution in [3.05, 3.63) is 35.6 Å². The maximum atomic E-state index is 13.6. The quantitative estimate of drug-likeness (QED) is 0.326. The van der Waals surface area contributed by atoms with Gasteiger partial charge in [-0.3, -0.25) is 0 Å². The van der Waals surface area contributed by atoms with E-state index in [1.807, 2.05) is 0 Å². The Kier molecular flexibility index (Phi) is 10.6. The van der Waals surface area contributed by atoms with Crippen LogP contribution in [0, 0.1) is 11.7 Å². The number of cyclic esters (lactones) is 1. The molecule has 1 heterocycles. The highest BCUT2D eigenvalue weighted by Crippen LogP contribution is 2.30. The Bertz CT molecular complexity index is 982. The maximum Gasteiger partial charge on any atom is 0.420 e. The number of halogens is 1. The molecule has 1 saturated carbocycles. The van der Waals surface area contributed by atoms with Crippen LogP contribution < -0.4 is 0 Å². The number of hydrogen-bond acceptors (Lipinski definition) is 8. The van der Waals surface area contributed by atoms with Crippen LogP contribution in [0.5, 0.6) is 0 Å². The third-order valence-corrected chi connectivity index (χ3v) is 6.66. The molecule has 3 rings (SSSR count). The highest BCUT2D eigenvalue weighted by molar-refractivity contribution is 5.94. The average Bonchev–Trinajstić information content (AvgIpc) is 3.34. The molecule has 4 unspecified atom stereocenters. The molecule has 1 saturated heterocycles. The smallest absolute Gasteiger partial charge is 0.420 e. The van der Waals surface area contributed by atoms with Gasteiger partial charge in [-0.2, -0.15) is 4.90 Å². The lowest BCUT2D eigenvalue weighted by Crippen LogP contribution is -2.54. The summed E-state index contributed by atoms with van der Waals surface area (Å²) in [5.74, 6) is -1.40. The van der Waals surface area contributed by atoms with Crippen LogP contribution in [0.15, 0.2) is 24.3 Å². The first-order valence-electron chi connectivity index (χ1n) is 14.1. The first kappa shape index (κ1) is 31.8. The average molecular weight is 566 g/mol. The normalized spacial score (nSPS) is 24.9. The van der Waals surface area contributed by atoms with Gasteiger partial charge in [0.25, 0.3) is 0 Å². The lowest BCUT2D eigenvalue weighted by atomic mass is 9.91. The van der Waals surface area contributed by atoms with E-state index in [1.165, 1.54) is 12.1 Å². The van der Waals surface area contributed by atoms with Crippen LogP contribution in [0.4, 0.5) is 14.0 Å². The summed E-state index contributed by atoms with van der Waals surface area (Å²) in [4.78, 5) is 40.6. The van der Waals surface area contributed by atoms with Gasteiger partial charge in [-0.15, -0.1) is 0 Å².